The molecule has 0 bridgehead atoms. The fourth-order valence-corrected chi connectivity index (χ4v) is 2.10. The summed E-state index contributed by atoms with van der Waals surface area (Å²) < 4.78 is 5.64. The van der Waals surface area contributed by atoms with E-state index < -0.39 is 6.10 Å². The number of nitrogens with one attached hydrogen (secondary N) is 1. The van der Waals surface area contributed by atoms with Gasteiger partial charge in [0.2, 0.25) is 0 Å². The van der Waals surface area contributed by atoms with E-state index in [2.05, 4.69) is 19.2 Å². The molecular formula is C17H29NO2. The van der Waals surface area contributed by atoms with Crippen LogP contribution in [0.25, 0.3) is 0 Å². The molecule has 0 saturated heterocycles. The number of para-hydroxylation sites is 1. The van der Waals surface area contributed by atoms with E-state index in [9.17, 15) is 5.11 Å². The lowest BCUT2D eigenvalue weighted by Gasteiger charge is -2.18. The Morgan fingerprint density at radius 2 is 2.00 bits per heavy atom. The Bertz CT molecular complexity index is 368. The molecule has 1 aromatic carbocycles. The molecule has 0 spiro atoms. The summed E-state index contributed by atoms with van der Waals surface area (Å²) in [6.07, 6.45) is 4.48. The first-order valence-electron chi connectivity index (χ1n) is 7.73. The minimum absolute atomic E-state index is 0.333. The zero-order chi connectivity index (χ0) is 14.8. The number of hydrogen-bond acceptors (Lipinski definition) is 3. The predicted molar refractivity (Wildman–Crippen MR) is 84.3 cm³/mol. The molecule has 2 atom stereocenters. The molecule has 0 saturated carbocycles. The molecule has 0 aliphatic rings. The molecule has 0 fully saturated rings. The van der Waals surface area contributed by atoms with Crippen LogP contribution in [-0.4, -0.2) is 30.4 Å². The van der Waals surface area contributed by atoms with E-state index in [1.54, 1.807) is 0 Å². The quantitative estimate of drug-likeness (QED) is 0.646. The van der Waals surface area contributed by atoms with Crippen molar-refractivity contribution in [3.8, 4) is 5.75 Å². The van der Waals surface area contributed by atoms with Crippen LogP contribution < -0.4 is 10.1 Å². The third kappa shape index (κ3) is 6.92. The normalized spacial score (nSPS) is 14.0. The maximum Gasteiger partial charge on any atom is 0.122 e. The van der Waals surface area contributed by atoms with E-state index in [-0.39, 0.29) is 0 Å². The Morgan fingerprint density at radius 3 is 2.70 bits per heavy atom. The van der Waals surface area contributed by atoms with Crippen molar-refractivity contribution in [3.05, 3.63) is 29.8 Å². The van der Waals surface area contributed by atoms with Gasteiger partial charge in [0.05, 0.1) is 0 Å². The van der Waals surface area contributed by atoms with Crippen LogP contribution >= 0.6 is 0 Å². The van der Waals surface area contributed by atoms with E-state index >= 15 is 0 Å². The van der Waals surface area contributed by atoms with E-state index in [0.29, 0.717) is 19.2 Å². The first-order chi connectivity index (χ1) is 9.63. The highest BCUT2D eigenvalue weighted by atomic mass is 16.5. The van der Waals surface area contributed by atoms with Crippen molar-refractivity contribution in [1.29, 1.82) is 0 Å². The van der Waals surface area contributed by atoms with Crippen LogP contribution in [0.4, 0.5) is 0 Å². The molecule has 1 aromatic rings. The van der Waals surface area contributed by atoms with Gasteiger partial charge in [-0.2, -0.15) is 0 Å². The number of aryl methyl sites for hydroxylation is 1. The molecule has 0 aromatic heterocycles. The fourth-order valence-electron chi connectivity index (χ4n) is 2.10. The predicted octanol–water partition coefficient (Wildman–Crippen LogP) is 3.29. The molecule has 20 heavy (non-hydrogen) atoms. The Morgan fingerprint density at radius 1 is 1.25 bits per heavy atom. The van der Waals surface area contributed by atoms with Crippen molar-refractivity contribution in [2.24, 2.45) is 0 Å². The highest BCUT2D eigenvalue weighted by Gasteiger charge is 2.08. The van der Waals surface area contributed by atoms with E-state index in [4.69, 9.17) is 4.74 Å². The van der Waals surface area contributed by atoms with Gasteiger partial charge in [-0.25, -0.2) is 0 Å². The van der Waals surface area contributed by atoms with Gasteiger partial charge in [0.15, 0.2) is 0 Å². The summed E-state index contributed by atoms with van der Waals surface area (Å²) in [5.41, 5.74) is 1.10. The SMILES string of the molecule is CCCCCC(C)NCC(O)COc1ccccc1C. The van der Waals surface area contributed by atoms with Crippen LogP contribution in [0.3, 0.4) is 0 Å². The second kappa shape index (κ2) is 9.78. The number of aliphatic hydroxyl groups excluding tert-OH is 1. The topological polar surface area (TPSA) is 41.5 Å². The van der Waals surface area contributed by atoms with Gasteiger partial charge in [-0.15, -0.1) is 0 Å². The zero-order valence-electron chi connectivity index (χ0n) is 13.1. The van der Waals surface area contributed by atoms with Crippen molar-refractivity contribution in [3.63, 3.8) is 0 Å². The first kappa shape index (κ1) is 17.0. The molecule has 2 N–H and O–H groups in total. The monoisotopic (exact) mass is 279 g/mol. The lowest BCUT2D eigenvalue weighted by Crippen LogP contribution is -2.36. The van der Waals surface area contributed by atoms with E-state index in [0.717, 1.165) is 11.3 Å². The summed E-state index contributed by atoms with van der Waals surface area (Å²) in [5.74, 6) is 0.850. The maximum atomic E-state index is 9.93. The maximum absolute atomic E-state index is 9.93. The van der Waals surface area contributed by atoms with Gasteiger partial charge in [0, 0.05) is 12.6 Å². The summed E-state index contributed by atoms with van der Waals surface area (Å²) in [5, 5.41) is 13.3. The van der Waals surface area contributed by atoms with Gasteiger partial charge in [-0.1, -0.05) is 44.4 Å². The van der Waals surface area contributed by atoms with E-state index in [1.807, 2.05) is 31.2 Å². The molecular weight excluding hydrogens is 250 g/mol. The van der Waals surface area contributed by atoms with Gasteiger partial charge >= 0.3 is 0 Å². The Kier molecular flexibility index (Phi) is 8.31. The fraction of sp³-hybridized carbons (Fsp3) is 0.647. The standard InChI is InChI=1S/C17H29NO2/c1-4-5-6-10-15(3)18-12-16(19)13-20-17-11-8-7-9-14(17)2/h7-9,11,15-16,18-19H,4-6,10,12-13H2,1-3H3. The van der Waals surface area contributed by atoms with Crippen molar-refractivity contribution in [2.45, 2.75) is 58.6 Å². The van der Waals surface area contributed by atoms with Crippen molar-refractivity contribution < 1.29 is 9.84 Å². The average Bonchev–Trinajstić information content (AvgIpc) is 2.44. The molecule has 0 amide bonds. The second-order valence-corrected chi connectivity index (χ2v) is 5.54. The largest absolute Gasteiger partial charge is 0.491 e. The summed E-state index contributed by atoms with van der Waals surface area (Å²) in [6.45, 7) is 7.31. The van der Waals surface area contributed by atoms with Gasteiger partial charge < -0.3 is 15.2 Å². The molecule has 114 valence electrons. The molecule has 2 unspecified atom stereocenters. The summed E-state index contributed by atoms with van der Waals surface area (Å²) >= 11 is 0. The number of ether oxygens (including phenoxy) is 1. The molecule has 0 heterocycles. The Hall–Kier alpha value is -1.06. The minimum atomic E-state index is -0.469. The van der Waals surface area contributed by atoms with Crippen LogP contribution in [0.5, 0.6) is 5.75 Å². The van der Waals surface area contributed by atoms with Crippen LogP contribution in [0.15, 0.2) is 24.3 Å². The van der Waals surface area contributed by atoms with Crippen molar-refractivity contribution in [1.82, 2.24) is 5.32 Å². The van der Waals surface area contributed by atoms with Gasteiger partial charge in [0.25, 0.3) is 0 Å². The third-order valence-corrected chi connectivity index (χ3v) is 3.47. The van der Waals surface area contributed by atoms with Crippen molar-refractivity contribution >= 4 is 0 Å². The molecule has 1 rings (SSSR count). The number of aliphatic hydroxyl groups is 1. The number of rotatable bonds is 10. The minimum Gasteiger partial charge on any atom is -0.491 e. The summed E-state index contributed by atoms with van der Waals surface area (Å²) in [6, 6.07) is 8.33. The first-order valence-corrected chi connectivity index (χ1v) is 7.73. The molecule has 3 nitrogen and oxygen atoms in total. The van der Waals surface area contributed by atoms with Crippen LogP contribution in [0.1, 0.15) is 45.1 Å². The van der Waals surface area contributed by atoms with E-state index in [1.165, 1.54) is 25.7 Å². The van der Waals surface area contributed by atoms with Crippen LogP contribution in [-0.2, 0) is 0 Å². The lowest BCUT2D eigenvalue weighted by atomic mass is 10.1. The Balaban J connectivity index is 2.17. The lowest BCUT2D eigenvalue weighted by molar-refractivity contribution is 0.103. The highest BCUT2D eigenvalue weighted by Crippen LogP contribution is 2.16. The van der Waals surface area contributed by atoms with Crippen LogP contribution in [0.2, 0.25) is 0 Å². The smallest absolute Gasteiger partial charge is 0.122 e. The summed E-state index contributed by atoms with van der Waals surface area (Å²) in [7, 11) is 0. The third-order valence-electron chi connectivity index (χ3n) is 3.47. The summed E-state index contributed by atoms with van der Waals surface area (Å²) in [4.78, 5) is 0. The highest BCUT2D eigenvalue weighted by molar-refractivity contribution is 5.31. The van der Waals surface area contributed by atoms with Gasteiger partial charge in [-0.3, -0.25) is 0 Å². The Labute approximate surface area is 123 Å². The number of hydrogen-bond donors (Lipinski definition) is 2. The van der Waals surface area contributed by atoms with Gasteiger partial charge in [-0.05, 0) is 31.9 Å². The average molecular weight is 279 g/mol. The van der Waals surface area contributed by atoms with Gasteiger partial charge in [0.1, 0.15) is 18.5 Å². The number of benzene rings is 1. The molecule has 0 aliphatic heterocycles. The number of unbranched alkanes of at least 4 members (excludes halogenated alkanes) is 2. The molecule has 3 heteroatoms. The zero-order valence-corrected chi connectivity index (χ0v) is 13.1. The van der Waals surface area contributed by atoms with Crippen LogP contribution in [0, 0.1) is 6.92 Å². The molecule has 0 radical (unpaired) electrons. The molecule has 0 aliphatic carbocycles. The van der Waals surface area contributed by atoms with Crippen molar-refractivity contribution in [2.75, 3.05) is 13.2 Å². The second-order valence-electron chi connectivity index (χ2n) is 5.54.